The lowest BCUT2D eigenvalue weighted by molar-refractivity contribution is 0.103. The van der Waals surface area contributed by atoms with Gasteiger partial charge in [-0.3, -0.25) is 4.79 Å². The molecule has 2 rings (SSSR count). The van der Waals surface area contributed by atoms with E-state index in [0.29, 0.717) is 21.8 Å². The number of ketones is 1. The van der Waals surface area contributed by atoms with Crippen molar-refractivity contribution < 1.29 is 9.53 Å². The maximum Gasteiger partial charge on any atom is 0.193 e. The number of anilines is 1. The third kappa shape index (κ3) is 2.78. The molecule has 0 radical (unpaired) electrons. The molecule has 0 saturated carbocycles. The molecule has 0 heterocycles. The quantitative estimate of drug-likeness (QED) is 0.691. The molecule has 4 heteroatoms. The van der Waals surface area contributed by atoms with Crippen LogP contribution in [0.5, 0.6) is 5.75 Å². The van der Waals surface area contributed by atoms with Gasteiger partial charge >= 0.3 is 0 Å². The summed E-state index contributed by atoms with van der Waals surface area (Å²) in [7, 11) is 1.61. The molecule has 20 heavy (non-hydrogen) atoms. The number of ether oxygens (including phenoxy) is 1. The van der Waals surface area contributed by atoms with Gasteiger partial charge < -0.3 is 10.5 Å². The van der Waals surface area contributed by atoms with E-state index in [2.05, 4.69) is 0 Å². The number of carbonyl (C=O) groups excluding carboxylic acids is 1. The Morgan fingerprint density at radius 2 is 1.80 bits per heavy atom. The minimum Gasteiger partial charge on any atom is -0.496 e. The van der Waals surface area contributed by atoms with E-state index < -0.39 is 0 Å². The zero-order valence-corrected chi connectivity index (χ0v) is 12.4. The van der Waals surface area contributed by atoms with Gasteiger partial charge in [0.2, 0.25) is 0 Å². The summed E-state index contributed by atoms with van der Waals surface area (Å²) >= 11 is 5.95. The molecule has 2 aromatic rings. The zero-order chi connectivity index (χ0) is 14.9. The van der Waals surface area contributed by atoms with Crippen LogP contribution < -0.4 is 10.5 Å². The van der Waals surface area contributed by atoms with Crippen LogP contribution in [0.4, 0.5) is 5.69 Å². The van der Waals surface area contributed by atoms with E-state index in [-0.39, 0.29) is 5.78 Å². The summed E-state index contributed by atoms with van der Waals surface area (Å²) in [5.41, 5.74) is 9.10. The lowest BCUT2D eigenvalue weighted by Gasteiger charge is -2.11. The van der Waals surface area contributed by atoms with Gasteiger partial charge in [0.1, 0.15) is 5.75 Å². The van der Waals surface area contributed by atoms with Crippen molar-refractivity contribution in [3.63, 3.8) is 0 Å². The number of hydrogen-bond donors (Lipinski definition) is 1. The fourth-order valence-corrected chi connectivity index (χ4v) is 2.40. The molecule has 0 unspecified atom stereocenters. The first-order valence-electron chi connectivity index (χ1n) is 6.18. The van der Waals surface area contributed by atoms with Gasteiger partial charge in [-0.25, -0.2) is 0 Å². The summed E-state index contributed by atoms with van der Waals surface area (Å²) < 4.78 is 5.25. The molecular weight excluding hydrogens is 274 g/mol. The van der Waals surface area contributed by atoms with E-state index in [1.807, 2.05) is 26.0 Å². The fraction of sp³-hybridized carbons (Fsp3) is 0.188. The second-order valence-electron chi connectivity index (χ2n) is 4.74. The normalized spacial score (nSPS) is 10.4. The number of hydrogen-bond acceptors (Lipinski definition) is 3. The highest BCUT2D eigenvalue weighted by Crippen LogP contribution is 2.26. The molecule has 0 aromatic heterocycles. The molecule has 2 aromatic carbocycles. The van der Waals surface area contributed by atoms with Crippen LogP contribution in [0.3, 0.4) is 0 Å². The summed E-state index contributed by atoms with van der Waals surface area (Å²) in [5.74, 6) is 0.673. The highest BCUT2D eigenvalue weighted by molar-refractivity contribution is 6.31. The Hall–Kier alpha value is -2.00. The molecule has 0 aliphatic carbocycles. The summed E-state index contributed by atoms with van der Waals surface area (Å²) in [5, 5.41) is 0.455. The van der Waals surface area contributed by atoms with Crippen LogP contribution in [-0.2, 0) is 0 Å². The summed E-state index contributed by atoms with van der Waals surface area (Å²) in [6.07, 6.45) is 0. The number of halogens is 1. The van der Waals surface area contributed by atoms with E-state index in [0.717, 1.165) is 16.9 Å². The second kappa shape index (κ2) is 5.55. The van der Waals surface area contributed by atoms with Gasteiger partial charge in [-0.05, 0) is 55.3 Å². The van der Waals surface area contributed by atoms with E-state index >= 15 is 0 Å². The Balaban J connectivity index is 2.50. The molecule has 3 nitrogen and oxygen atoms in total. The van der Waals surface area contributed by atoms with Gasteiger partial charge in [-0.15, -0.1) is 0 Å². The van der Waals surface area contributed by atoms with E-state index in [9.17, 15) is 4.79 Å². The minimum absolute atomic E-state index is 0.0950. The molecule has 2 N–H and O–H groups in total. The number of nitrogen functional groups attached to an aromatic ring is 1. The highest BCUT2D eigenvalue weighted by Gasteiger charge is 2.15. The molecule has 0 atom stereocenters. The third-order valence-corrected chi connectivity index (χ3v) is 3.39. The van der Waals surface area contributed by atoms with Crippen LogP contribution in [0.2, 0.25) is 5.02 Å². The largest absolute Gasteiger partial charge is 0.496 e. The number of aryl methyl sites for hydroxylation is 2. The lowest BCUT2D eigenvalue weighted by Crippen LogP contribution is -2.06. The Morgan fingerprint density at radius 3 is 2.40 bits per heavy atom. The first kappa shape index (κ1) is 14.4. The van der Waals surface area contributed by atoms with Gasteiger partial charge in [-0.1, -0.05) is 11.6 Å². The maximum atomic E-state index is 12.6. The van der Waals surface area contributed by atoms with Crippen molar-refractivity contribution in [2.75, 3.05) is 12.8 Å². The number of carbonyl (C=O) groups is 1. The van der Waals surface area contributed by atoms with Gasteiger partial charge in [0.25, 0.3) is 0 Å². The average Bonchev–Trinajstić information content (AvgIpc) is 2.39. The van der Waals surface area contributed by atoms with Crippen LogP contribution in [-0.4, -0.2) is 12.9 Å². The second-order valence-corrected chi connectivity index (χ2v) is 5.18. The molecule has 0 aliphatic rings. The SMILES string of the molecule is COc1cc(C)c(C(=O)c2cc(N)cc(Cl)c2)cc1C. The Bertz CT molecular complexity index is 660. The molecule has 0 spiro atoms. The topological polar surface area (TPSA) is 52.3 Å². The average molecular weight is 290 g/mol. The minimum atomic E-state index is -0.0950. The number of rotatable bonds is 3. The standard InChI is InChI=1S/C16H16ClNO2/c1-9-5-15(20-3)10(2)4-14(9)16(19)11-6-12(17)8-13(18)7-11/h4-8H,18H2,1-3H3. The van der Waals surface area contributed by atoms with Gasteiger partial charge in [0.05, 0.1) is 7.11 Å². The predicted molar refractivity (Wildman–Crippen MR) is 81.8 cm³/mol. The molecular formula is C16H16ClNO2. The Kier molecular flexibility index (Phi) is 4.00. The zero-order valence-electron chi connectivity index (χ0n) is 11.7. The smallest absolute Gasteiger partial charge is 0.193 e. The highest BCUT2D eigenvalue weighted by atomic mass is 35.5. The third-order valence-electron chi connectivity index (χ3n) is 3.17. The fourth-order valence-electron chi connectivity index (χ4n) is 2.15. The molecule has 0 bridgehead atoms. The Labute approximate surface area is 123 Å². The number of nitrogens with two attached hydrogens (primary N) is 1. The van der Waals surface area contributed by atoms with E-state index in [1.54, 1.807) is 25.3 Å². The van der Waals surface area contributed by atoms with E-state index in [1.165, 1.54) is 0 Å². The Morgan fingerprint density at radius 1 is 1.10 bits per heavy atom. The first-order chi connectivity index (χ1) is 9.42. The predicted octanol–water partition coefficient (Wildman–Crippen LogP) is 3.78. The van der Waals surface area contributed by atoms with Crippen LogP contribution in [0, 0.1) is 13.8 Å². The van der Waals surface area contributed by atoms with Crippen LogP contribution >= 0.6 is 11.6 Å². The molecule has 0 aliphatic heterocycles. The number of benzene rings is 2. The summed E-state index contributed by atoms with van der Waals surface area (Å²) in [6, 6.07) is 8.56. The van der Waals surface area contributed by atoms with Crippen LogP contribution in [0.25, 0.3) is 0 Å². The molecule has 0 fully saturated rings. The van der Waals surface area contributed by atoms with Crippen molar-refractivity contribution in [3.8, 4) is 5.75 Å². The molecule has 104 valence electrons. The van der Waals surface area contributed by atoms with Crippen molar-refractivity contribution in [1.82, 2.24) is 0 Å². The lowest BCUT2D eigenvalue weighted by atomic mass is 9.96. The summed E-state index contributed by atoms with van der Waals surface area (Å²) in [6.45, 7) is 3.78. The number of methoxy groups -OCH3 is 1. The van der Waals surface area contributed by atoms with Gasteiger partial charge in [0.15, 0.2) is 5.78 Å². The van der Waals surface area contributed by atoms with Crippen molar-refractivity contribution in [2.24, 2.45) is 0 Å². The van der Waals surface area contributed by atoms with Crippen molar-refractivity contribution >= 4 is 23.1 Å². The maximum absolute atomic E-state index is 12.6. The van der Waals surface area contributed by atoms with Crippen molar-refractivity contribution in [1.29, 1.82) is 0 Å². The molecule has 0 saturated heterocycles. The first-order valence-corrected chi connectivity index (χ1v) is 6.56. The van der Waals surface area contributed by atoms with Gasteiger partial charge in [0, 0.05) is 21.8 Å². The van der Waals surface area contributed by atoms with Crippen LogP contribution in [0.15, 0.2) is 30.3 Å². The monoisotopic (exact) mass is 289 g/mol. The van der Waals surface area contributed by atoms with Crippen molar-refractivity contribution in [2.45, 2.75) is 13.8 Å². The van der Waals surface area contributed by atoms with E-state index in [4.69, 9.17) is 22.1 Å². The molecule has 0 amide bonds. The summed E-state index contributed by atoms with van der Waals surface area (Å²) in [4.78, 5) is 12.6. The van der Waals surface area contributed by atoms with Gasteiger partial charge in [-0.2, -0.15) is 0 Å². The van der Waals surface area contributed by atoms with Crippen molar-refractivity contribution in [3.05, 3.63) is 57.6 Å². The van der Waals surface area contributed by atoms with Crippen LogP contribution in [0.1, 0.15) is 27.0 Å².